The van der Waals surface area contributed by atoms with Crippen molar-refractivity contribution in [3.05, 3.63) is 108 Å². The summed E-state index contributed by atoms with van der Waals surface area (Å²) in [5.74, 6) is -0.0526. The van der Waals surface area contributed by atoms with Crippen LogP contribution in [-0.4, -0.2) is 67.9 Å². The van der Waals surface area contributed by atoms with E-state index in [1.165, 1.54) is 0 Å². The Hall–Kier alpha value is -3.72. The second-order valence-corrected chi connectivity index (χ2v) is 8.54. The van der Waals surface area contributed by atoms with Gasteiger partial charge in [0.1, 0.15) is 0 Å². The first-order chi connectivity index (χ1) is 18.1. The predicted molar refractivity (Wildman–Crippen MR) is 144 cm³/mol. The summed E-state index contributed by atoms with van der Waals surface area (Å²) in [5.41, 5.74) is 8.51. The molecule has 0 fully saturated rings. The van der Waals surface area contributed by atoms with Gasteiger partial charge >= 0.3 is 6.09 Å². The minimum Gasteiger partial charge on any atom is -0.465 e. The summed E-state index contributed by atoms with van der Waals surface area (Å²) in [6.07, 6.45) is -0.896. The molecule has 0 aliphatic rings. The number of nitrogens with zero attached hydrogens (tertiary/aromatic N) is 1. The fourth-order valence-corrected chi connectivity index (χ4v) is 4.42. The Labute approximate surface area is 218 Å². The predicted octanol–water partition coefficient (Wildman–Crippen LogP) is 3.03. The van der Waals surface area contributed by atoms with E-state index in [1.54, 1.807) is 4.90 Å². The summed E-state index contributed by atoms with van der Waals surface area (Å²) >= 11 is 0. The molecule has 0 heterocycles. The lowest BCUT2D eigenvalue weighted by Crippen LogP contribution is -2.49. The number of benzene rings is 3. The molecule has 8 heteroatoms. The number of carbonyl (C=O) groups is 2. The SMILES string of the molecule is NCCN(CCNC(c1ccccc1)(c1ccccc1)c1ccccc1)C(=O)CCOCCNC(=O)O. The average Bonchev–Trinajstić information content (AvgIpc) is 2.93. The van der Waals surface area contributed by atoms with Crippen LogP contribution in [0.5, 0.6) is 0 Å². The minimum absolute atomic E-state index is 0.0526. The van der Waals surface area contributed by atoms with Crippen molar-refractivity contribution in [1.82, 2.24) is 15.5 Å². The van der Waals surface area contributed by atoms with Gasteiger partial charge in [-0.2, -0.15) is 0 Å². The van der Waals surface area contributed by atoms with Crippen molar-refractivity contribution >= 4 is 12.0 Å². The van der Waals surface area contributed by atoms with Gasteiger partial charge in [0.05, 0.1) is 25.2 Å². The van der Waals surface area contributed by atoms with Crippen LogP contribution in [0.1, 0.15) is 23.1 Å². The summed E-state index contributed by atoms with van der Waals surface area (Å²) in [5, 5.41) is 14.6. The largest absolute Gasteiger partial charge is 0.465 e. The van der Waals surface area contributed by atoms with Gasteiger partial charge in [0, 0.05) is 32.7 Å². The van der Waals surface area contributed by atoms with Crippen molar-refractivity contribution in [2.75, 3.05) is 45.9 Å². The van der Waals surface area contributed by atoms with Crippen LogP contribution in [0, 0.1) is 0 Å². The third-order valence-corrected chi connectivity index (χ3v) is 6.13. The zero-order valence-corrected chi connectivity index (χ0v) is 21.0. The van der Waals surface area contributed by atoms with E-state index in [9.17, 15) is 9.59 Å². The number of hydrogen-bond donors (Lipinski definition) is 4. The smallest absolute Gasteiger partial charge is 0.404 e. The number of carboxylic acid groups (broad SMARTS) is 1. The van der Waals surface area contributed by atoms with Gasteiger partial charge in [-0.05, 0) is 16.7 Å². The molecule has 0 bridgehead atoms. The fraction of sp³-hybridized carbons (Fsp3) is 0.310. The molecule has 0 atom stereocenters. The lowest BCUT2D eigenvalue weighted by molar-refractivity contribution is -0.132. The van der Waals surface area contributed by atoms with Crippen LogP contribution in [0.15, 0.2) is 91.0 Å². The number of ether oxygens (including phenoxy) is 1. The molecule has 0 aliphatic heterocycles. The van der Waals surface area contributed by atoms with E-state index >= 15 is 0 Å². The molecule has 3 aromatic rings. The number of nitrogens with one attached hydrogen (secondary N) is 2. The van der Waals surface area contributed by atoms with Crippen LogP contribution in [0.3, 0.4) is 0 Å². The van der Waals surface area contributed by atoms with E-state index in [0.29, 0.717) is 26.2 Å². The fourth-order valence-electron chi connectivity index (χ4n) is 4.42. The molecule has 37 heavy (non-hydrogen) atoms. The van der Waals surface area contributed by atoms with Crippen molar-refractivity contribution in [3.63, 3.8) is 0 Å². The van der Waals surface area contributed by atoms with Crippen LogP contribution in [0.25, 0.3) is 0 Å². The van der Waals surface area contributed by atoms with Crippen molar-refractivity contribution in [1.29, 1.82) is 0 Å². The van der Waals surface area contributed by atoms with Crippen LogP contribution in [-0.2, 0) is 15.1 Å². The zero-order chi connectivity index (χ0) is 26.3. The molecular weight excluding hydrogens is 468 g/mol. The first-order valence-corrected chi connectivity index (χ1v) is 12.5. The van der Waals surface area contributed by atoms with Gasteiger partial charge in [-0.25, -0.2) is 4.79 Å². The zero-order valence-electron chi connectivity index (χ0n) is 21.0. The first-order valence-electron chi connectivity index (χ1n) is 12.5. The average molecular weight is 505 g/mol. The van der Waals surface area contributed by atoms with Gasteiger partial charge in [-0.1, -0.05) is 91.0 Å². The topological polar surface area (TPSA) is 117 Å². The highest BCUT2D eigenvalue weighted by molar-refractivity contribution is 5.76. The molecule has 0 saturated heterocycles. The molecule has 0 aliphatic carbocycles. The number of amides is 2. The Kier molecular flexibility index (Phi) is 11.1. The molecule has 0 radical (unpaired) electrons. The van der Waals surface area contributed by atoms with Crippen LogP contribution >= 0.6 is 0 Å². The van der Waals surface area contributed by atoms with Gasteiger partial charge in [0.15, 0.2) is 0 Å². The summed E-state index contributed by atoms with van der Waals surface area (Å²) in [6.45, 7) is 2.42. The monoisotopic (exact) mass is 504 g/mol. The number of nitrogens with two attached hydrogens (primary N) is 1. The van der Waals surface area contributed by atoms with Gasteiger partial charge in [-0.15, -0.1) is 0 Å². The molecule has 196 valence electrons. The Morgan fingerprint density at radius 2 is 1.30 bits per heavy atom. The van der Waals surface area contributed by atoms with Crippen molar-refractivity contribution in [2.45, 2.75) is 12.0 Å². The normalized spacial score (nSPS) is 11.2. The van der Waals surface area contributed by atoms with Crippen molar-refractivity contribution < 1.29 is 19.4 Å². The van der Waals surface area contributed by atoms with Crippen molar-refractivity contribution in [3.8, 4) is 0 Å². The molecule has 0 spiro atoms. The first kappa shape index (κ1) is 27.9. The molecule has 2 amide bonds. The second kappa shape index (κ2) is 14.7. The number of carbonyl (C=O) groups excluding carboxylic acids is 1. The molecule has 0 unspecified atom stereocenters. The standard InChI is InChI=1S/C29H36N4O4/c30-17-20-33(27(34)16-22-37-23-19-31-28(35)36)21-18-32-29(24-10-4-1-5-11-24,25-12-6-2-7-13-25)26-14-8-3-9-15-26/h1-15,31-32H,16-23,30H2,(H,35,36). The molecule has 0 aromatic heterocycles. The Balaban J connectivity index is 1.75. The highest BCUT2D eigenvalue weighted by Gasteiger charge is 2.35. The lowest BCUT2D eigenvalue weighted by Gasteiger charge is -2.38. The summed E-state index contributed by atoms with van der Waals surface area (Å²) in [6, 6.07) is 30.9. The Morgan fingerprint density at radius 3 is 1.76 bits per heavy atom. The highest BCUT2D eigenvalue weighted by atomic mass is 16.5. The van der Waals surface area contributed by atoms with Crippen LogP contribution in [0.2, 0.25) is 0 Å². The van der Waals surface area contributed by atoms with Crippen LogP contribution in [0.4, 0.5) is 4.79 Å². The Bertz CT molecular complexity index is 984. The van der Waals surface area contributed by atoms with Crippen molar-refractivity contribution in [2.24, 2.45) is 5.73 Å². The summed E-state index contributed by atoms with van der Waals surface area (Å²) < 4.78 is 5.40. The van der Waals surface area contributed by atoms with Gasteiger partial charge in [0.25, 0.3) is 0 Å². The van der Waals surface area contributed by atoms with E-state index in [4.69, 9.17) is 15.6 Å². The quantitative estimate of drug-likeness (QED) is 0.187. The van der Waals surface area contributed by atoms with E-state index in [-0.39, 0.29) is 32.1 Å². The number of hydrogen-bond acceptors (Lipinski definition) is 5. The van der Waals surface area contributed by atoms with Gasteiger partial charge < -0.3 is 25.8 Å². The molecular formula is C29H36N4O4. The van der Waals surface area contributed by atoms with Gasteiger partial charge in [0.2, 0.25) is 5.91 Å². The van der Waals surface area contributed by atoms with Gasteiger partial charge in [-0.3, -0.25) is 10.1 Å². The molecule has 3 aromatic carbocycles. The van der Waals surface area contributed by atoms with Crippen LogP contribution < -0.4 is 16.4 Å². The lowest BCUT2D eigenvalue weighted by atomic mass is 9.77. The van der Waals surface area contributed by atoms with E-state index < -0.39 is 11.6 Å². The van der Waals surface area contributed by atoms with E-state index in [1.807, 2.05) is 54.6 Å². The molecule has 3 rings (SSSR count). The minimum atomic E-state index is -1.10. The maximum absolute atomic E-state index is 12.9. The molecule has 0 saturated carbocycles. The highest BCUT2D eigenvalue weighted by Crippen LogP contribution is 2.36. The third-order valence-electron chi connectivity index (χ3n) is 6.13. The van der Waals surface area contributed by atoms with E-state index in [2.05, 4.69) is 47.0 Å². The molecule has 5 N–H and O–H groups in total. The molecule has 8 nitrogen and oxygen atoms in total. The summed E-state index contributed by atoms with van der Waals surface area (Å²) in [7, 11) is 0. The van der Waals surface area contributed by atoms with E-state index in [0.717, 1.165) is 16.7 Å². The maximum atomic E-state index is 12.9. The number of rotatable bonds is 15. The maximum Gasteiger partial charge on any atom is 0.404 e. The third kappa shape index (κ3) is 7.88. The second-order valence-electron chi connectivity index (χ2n) is 8.54. The Morgan fingerprint density at radius 1 is 0.784 bits per heavy atom. The summed E-state index contributed by atoms with van der Waals surface area (Å²) in [4.78, 5) is 25.1.